The Morgan fingerprint density at radius 2 is 1.86 bits per heavy atom. The molecule has 0 saturated carbocycles. The second-order valence-electron chi connectivity index (χ2n) is 3.38. The van der Waals surface area contributed by atoms with Crippen LogP contribution in [0.1, 0.15) is 22.3 Å². The van der Waals surface area contributed by atoms with Crippen LogP contribution in [0.25, 0.3) is 0 Å². The van der Waals surface area contributed by atoms with Crippen molar-refractivity contribution in [1.82, 2.24) is 5.32 Å². The minimum Gasteiger partial charge on any atom is -0.341 e. The van der Waals surface area contributed by atoms with Crippen LogP contribution in [-0.4, -0.2) is 0 Å². The van der Waals surface area contributed by atoms with E-state index in [4.69, 9.17) is 0 Å². The van der Waals surface area contributed by atoms with Crippen LogP contribution in [0.2, 0.25) is 0 Å². The zero-order chi connectivity index (χ0) is 10.6. The summed E-state index contributed by atoms with van der Waals surface area (Å²) in [6.07, 6.45) is 0. The molecule has 1 nitrogen and oxygen atoms in total. The summed E-state index contributed by atoms with van der Waals surface area (Å²) in [7, 11) is 0. The number of rotatable bonds is 2. The Balaban J connectivity index is 2.92. The van der Waals surface area contributed by atoms with E-state index in [0.717, 1.165) is 6.54 Å². The van der Waals surface area contributed by atoms with Crippen molar-refractivity contribution in [3.05, 3.63) is 34.4 Å². The summed E-state index contributed by atoms with van der Waals surface area (Å²) < 4.78 is 2.80. The van der Waals surface area contributed by atoms with Crippen LogP contribution in [0.5, 0.6) is 0 Å². The molecule has 0 aromatic heterocycles. The molecule has 0 aliphatic heterocycles. The van der Waals surface area contributed by atoms with Gasteiger partial charge in [-0.3, -0.25) is 0 Å². The zero-order valence-corrected chi connectivity index (χ0v) is 10.9. The van der Waals surface area contributed by atoms with Crippen molar-refractivity contribution < 1.29 is 0 Å². The summed E-state index contributed by atoms with van der Waals surface area (Å²) in [5.41, 5.74) is 5.41. The van der Waals surface area contributed by atoms with Crippen LogP contribution < -0.4 is 5.32 Å². The lowest BCUT2D eigenvalue weighted by Crippen LogP contribution is -2.08. The summed E-state index contributed by atoms with van der Waals surface area (Å²) in [5.74, 6) is 0. The molecular weight excluding hydrogens is 285 g/mol. The van der Waals surface area contributed by atoms with E-state index in [1.165, 1.54) is 22.3 Å². The zero-order valence-electron chi connectivity index (χ0n) is 8.74. The molecule has 1 aromatic carbocycles. The van der Waals surface area contributed by atoms with Crippen molar-refractivity contribution in [2.24, 2.45) is 0 Å². The fourth-order valence-corrected chi connectivity index (χ4v) is 1.64. The quantitative estimate of drug-likeness (QED) is 0.503. The molecule has 1 rings (SSSR count). The fraction of sp³-hybridized carbons (Fsp3) is 0.333. The number of hydrogen-bond acceptors (Lipinski definition) is 1. The standard InChI is InChI=1S/C12H14IN/c1-9-4-5-10(2)12(11(9)3)8-14-7-6-13/h4-5,14H,8H2,1-3H3. The normalized spacial score (nSPS) is 9.14. The molecule has 0 fully saturated rings. The van der Waals surface area contributed by atoms with Gasteiger partial charge in [0.2, 0.25) is 0 Å². The Morgan fingerprint density at radius 1 is 1.21 bits per heavy atom. The SMILES string of the molecule is Cc1ccc(C)c(CNC#CI)c1C. The maximum absolute atomic E-state index is 3.09. The van der Waals surface area contributed by atoms with Crippen molar-refractivity contribution >= 4 is 22.6 Å². The second-order valence-corrected chi connectivity index (χ2v) is 3.92. The van der Waals surface area contributed by atoms with Crippen molar-refractivity contribution in [1.29, 1.82) is 0 Å². The third-order valence-corrected chi connectivity index (χ3v) is 2.77. The first-order valence-corrected chi connectivity index (χ1v) is 5.64. The average Bonchev–Trinajstić information content (AvgIpc) is 2.18. The first-order chi connectivity index (χ1) is 6.66. The molecule has 0 bridgehead atoms. The molecule has 0 atom stereocenters. The monoisotopic (exact) mass is 299 g/mol. The smallest absolute Gasteiger partial charge is 0.0485 e. The molecule has 14 heavy (non-hydrogen) atoms. The first kappa shape index (κ1) is 11.4. The maximum atomic E-state index is 3.09. The average molecular weight is 299 g/mol. The van der Waals surface area contributed by atoms with Gasteiger partial charge in [-0.2, -0.15) is 0 Å². The first-order valence-electron chi connectivity index (χ1n) is 4.56. The largest absolute Gasteiger partial charge is 0.341 e. The summed E-state index contributed by atoms with van der Waals surface area (Å²) in [6, 6.07) is 7.19. The van der Waals surface area contributed by atoms with Crippen molar-refractivity contribution in [2.75, 3.05) is 0 Å². The van der Waals surface area contributed by atoms with Gasteiger partial charge in [0, 0.05) is 35.2 Å². The Kier molecular flexibility index (Phi) is 4.27. The highest BCUT2D eigenvalue weighted by atomic mass is 127. The van der Waals surface area contributed by atoms with E-state index >= 15 is 0 Å². The molecule has 0 radical (unpaired) electrons. The predicted octanol–water partition coefficient (Wildman–Crippen LogP) is 3.05. The van der Waals surface area contributed by atoms with E-state index in [1.807, 2.05) is 22.6 Å². The van der Waals surface area contributed by atoms with Gasteiger partial charge in [-0.05, 0) is 47.0 Å². The van der Waals surface area contributed by atoms with Gasteiger partial charge in [0.1, 0.15) is 0 Å². The van der Waals surface area contributed by atoms with Gasteiger partial charge in [0.05, 0.1) is 0 Å². The van der Waals surface area contributed by atoms with Crippen LogP contribution >= 0.6 is 22.6 Å². The number of hydrogen-bond donors (Lipinski definition) is 1. The van der Waals surface area contributed by atoms with Gasteiger partial charge >= 0.3 is 0 Å². The number of benzene rings is 1. The van der Waals surface area contributed by atoms with E-state index < -0.39 is 0 Å². The lowest BCUT2D eigenvalue weighted by Gasteiger charge is -2.11. The molecule has 0 amide bonds. The predicted molar refractivity (Wildman–Crippen MR) is 69.3 cm³/mol. The summed E-state index contributed by atoms with van der Waals surface area (Å²) in [5, 5.41) is 3.09. The molecule has 0 unspecified atom stereocenters. The van der Waals surface area contributed by atoms with Gasteiger partial charge in [-0.25, -0.2) is 0 Å². The van der Waals surface area contributed by atoms with Gasteiger partial charge < -0.3 is 5.32 Å². The van der Waals surface area contributed by atoms with Crippen LogP contribution in [-0.2, 0) is 6.54 Å². The van der Waals surface area contributed by atoms with Crippen molar-refractivity contribution in [3.63, 3.8) is 0 Å². The molecule has 0 heterocycles. The Morgan fingerprint density at radius 3 is 2.50 bits per heavy atom. The maximum Gasteiger partial charge on any atom is 0.0485 e. The topological polar surface area (TPSA) is 12.0 Å². The molecule has 74 valence electrons. The lowest BCUT2D eigenvalue weighted by molar-refractivity contribution is 0.879. The highest BCUT2D eigenvalue weighted by molar-refractivity contribution is 14.1. The Hall–Kier alpha value is -0.690. The fourth-order valence-electron chi connectivity index (χ4n) is 1.45. The van der Waals surface area contributed by atoms with Gasteiger partial charge in [-0.15, -0.1) is 0 Å². The second kappa shape index (κ2) is 5.26. The van der Waals surface area contributed by atoms with Crippen molar-refractivity contribution in [2.45, 2.75) is 27.3 Å². The molecule has 1 aromatic rings. The highest BCUT2D eigenvalue weighted by Crippen LogP contribution is 2.16. The van der Waals surface area contributed by atoms with E-state index in [1.54, 1.807) is 0 Å². The number of nitrogens with one attached hydrogen (secondary N) is 1. The van der Waals surface area contributed by atoms with E-state index in [0.29, 0.717) is 0 Å². The summed E-state index contributed by atoms with van der Waals surface area (Å²) >= 11 is 2.03. The van der Waals surface area contributed by atoms with E-state index in [2.05, 4.69) is 48.2 Å². The van der Waals surface area contributed by atoms with Gasteiger partial charge in [0.25, 0.3) is 0 Å². The third-order valence-electron chi connectivity index (χ3n) is 2.50. The number of aryl methyl sites for hydroxylation is 2. The van der Waals surface area contributed by atoms with Crippen LogP contribution in [0.4, 0.5) is 0 Å². The van der Waals surface area contributed by atoms with Crippen LogP contribution in [0, 0.1) is 30.7 Å². The van der Waals surface area contributed by atoms with Crippen molar-refractivity contribution in [3.8, 4) is 9.97 Å². The third kappa shape index (κ3) is 2.65. The molecular formula is C12H14IN. The molecule has 2 heteroatoms. The van der Waals surface area contributed by atoms with E-state index in [-0.39, 0.29) is 0 Å². The molecule has 0 saturated heterocycles. The molecule has 0 aliphatic carbocycles. The van der Waals surface area contributed by atoms with Gasteiger partial charge in [0.15, 0.2) is 0 Å². The lowest BCUT2D eigenvalue weighted by atomic mass is 9.98. The van der Waals surface area contributed by atoms with Gasteiger partial charge in [-0.1, -0.05) is 12.1 Å². The highest BCUT2D eigenvalue weighted by Gasteiger charge is 2.03. The minimum absolute atomic E-state index is 0.829. The van der Waals surface area contributed by atoms with E-state index in [9.17, 15) is 0 Å². The number of halogens is 1. The molecule has 0 aliphatic rings. The molecule has 0 spiro atoms. The summed E-state index contributed by atoms with van der Waals surface area (Å²) in [6.45, 7) is 7.27. The Bertz CT molecular complexity index is 385. The van der Waals surface area contributed by atoms with Crippen LogP contribution in [0.15, 0.2) is 12.1 Å². The Labute approximate surface area is 99.4 Å². The summed E-state index contributed by atoms with van der Waals surface area (Å²) in [4.78, 5) is 0. The van der Waals surface area contributed by atoms with Crippen LogP contribution in [0.3, 0.4) is 0 Å². The molecule has 1 N–H and O–H groups in total. The minimum atomic E-state index is 0.829.